The SMILES string of the molecule is Cc1ccc(N)c(C(=O)NC2(C(=O)O)CCCCCC2)c1. The Bertz CT molecular complexity index is 546. The van der Waals surface area contributed by atoms with Crippen LogP contribution in [0.1, 0.15) is 54.4 Å². The number of nitrogens with one attached hydrogen (secondary N) is 1. The van der Waals surface area contributed by atoms with Crippen molar-refractivity contribution < 1.29 is 14.7 Å². The number of aryl methyl sites for hydroxylation is 1. The van der Waals surface area contributed by atoms with Crippen LogP contribution in [0, 0.1) is 6.92 Å². The lowest BCUT2D eigenvalue weighted by atomic mass is 9.89. The molecular weight excluding hydrogens is 268 g/mol. The highest BCUT2D eigenvalue weighted by Gasteiger charge is 2.40. The van der Waals surface area contributed by atoms with Gasteiger partial charge in [0.2, 0.25) is 0 Å². The molecule has 0 atom stereocenters. The number of nitrogens with two attached hydrogens (primary N) is 1. The van der Waals surface area contributed by atoms with Gasteiger partial charge in [0, 0.05) is 5.69 Å². The van der Waals surface area contributed by atoms with Crippen molar-refractivity contribution in [2.75, 3.05) is 5.73 Å². The molecule has 0 spiro atoms. The van der Waals surface area contributed by atoms with E-state index in [1.165, 1.54) is 0 Å². The van der Waals surface area contributed by atoms with Crippen LogP contribution >= 0.6 is 0 Å². The lowest BCUT2D eigenvalue weighted by molar-refractivity contribution is -0.145. The molecule has 5 nitrogen and oxygen atoms in total. The van der Waals surface area contributed by atoms with Gasteiger partial charge in [0.15, 0.2) is 0 Å². The van der Waals surface area contributed by atoms with Crippen molar-refractivity contribution >= 4 is 17.6 Å². The highest BCUT2D eigenvalue weighted by atomic mass is 16.4. The minimum atomic E-state index is -1.16. The number of carboxylic acid groups (broad SMARTS) is 1. The summed E-state index contributed by atoms with van der Waals surface area (Å²) in [6.07, 6.45) is 4.60. The molecule has 0 aliphatic heterocycles. The van der Waals surface area contributed by atoms with E-state index in [0.29, 0.717) is 24.1 Å². The summed E-state index contributed by atoms with van der Waals surface area (Å²) in [5, 5.41) is 12.3. The standard InChI is InChI=1S/C16H22N2O3/c1-11-6-7-13(17)12(10-11)14(19)18-16(15(20)21)8-4-2-3-5-9-16/h6-7,10H,2-5,8-9,17H2,1H3,(H,18,19)(H,20,21). The minimum Gasteiger partial charge on any atom is -0.480 e. The lowest BCUT2D eigenvalue weighted by Gasteiger charge is -2.29. The zero-order valence-electron chi connectivity index (χ0n) is 12.3. The topological polar surface area (TPSA) is 92.4 Å². The maximum Gasteiger partial charge on any atom is 0.329 e. The molecule has 0 unspecified atom stereocenters. The molecule has 1 aromatic carbocycles. The molecule has 1 amide bonds. The van der Waals surface area contributed by atoms with E-state index in [9.17, 15) is 14.7 Å². The quantitative estimate of drug-likeness (QED) is 0.589. The second-order valence-electron chi connectivity index (χ2n) is 5.85. The summed E-state index contributed by atoms with van der Waals surface area (Å²) in [7, 11) is 0. The Morgan fingerprint density at radius 3 is 2.38 bits per heavy atom. The number of anilines is 1. The van der Waals surface area contributed by atoms with Gasteiger partial charge in [0.1, 0.15) is 5.54 Å². The fourth-order valence-corrected chi connectivity index (χ4v) is 2.88. The van der Waals surface area contributed by atoms with E-state index in [2.05, 4.69) is 5.32 Å². The number of rotatable bonds is 3. The maximum atomic E-state index is 12.5. The number of carboxylic acids is 1. The van der Waals surface area contributed by atoms with Crippen LogP contribution in [0.4, 0.5) is 5.69 Å². The monoisotopic (exact) mass is 290 g/mol. The van der Waals surface area contributed by atoms with Crippen LogP contribution in [-0.2, 0) is 4.79 Å². The van der Waals surface area contributed by atoms with Crippen molar-refractivity contribution in [1.29, 1.82) is 0 Å². The van der Waals surface area contributed by atoms with E-state index in [1.807, 2.05) is 13.0 Å². The average Bonchev–Trinajstić information content (AvgIpc) is 2.68. The van der Waals surface area contributed by atoms with Crippen molar-refractivity contribution in [1.82, 2.24) is 5.32 Å². The first-order chi connectivity index (χ1) is 9.94. The summed E-state index contributed by atoms with van der Waals surface area (Å²) in [5.41, 5.74) is 6.31. The Morgan fingerprint density at radius 1 is 1.19 bits per heavy atom. The third-order valence-corrected chi connectivity index (χ3v) is 4.17. The van der Waals surface area contributed by atoms with Gasteiger partial charge in [-0.1, -0.05) is 37.3 Å². The first kappa shape index (κ1) is 15.4. The Hall–Kier alpha value is -2.04. The number of hydrogen-bond acceptors (Lipinski definition) is 3. The fraction of sp³-hybridized carbons (Fsp3) is 0.500. The zero-order chi connectivity index (χ0) is 15.5. The van der Waals surface area contributed by atoms with Gasteiger partial charge in [-0.05, 0) is 31.9 Å². The number of amides is 1. The highest BCUT2D eigenvalue weighted by Crippen LogP contribution is 2.28. The Kier molecular flexibility index (Phi) is 4.50. The first-order valence-electron chi connectivity index (χ1n) is 7.37. The molecule has 1 aromatic rings. The summed E-state index contributed by atoms with van der Waals surface area (Å²) in [6, 6.07) is 5.19. The van der Waals surface area contributed by atoms with Gasteiger partial charge >= 0.3 is 5.97 Å². The smallest absolute Gasteiger partial charge is 0.329 e. The summed E-state index contributed by atoms with van der Waals surface area (Å²) in [4.78, 5) is 24.2. The van der Waals surface area contributed by atoms with Crippen LogP contribution in [0.3, 0.4) is 0 Å². The third kappa shape index (κ3) is 3.35. The van der Waals surface area contributed by atoms with Gasteiger partial charge < -0.3 is 16.2 Å². The second-order valence-corrected chi connectivity index (χ2v) is 5.85. The lowest BCUT2D eigenvalue weighted by Crippen LogP contribution is -2.54. The molecule has 0 aromatic heterocycles. The highest BCUT2D eigenvalue weighted by molar-refractivity contribution is 6.01. The van der Waals surface area contributed by atoms with Gasteiger partial charge in [-0.15, -0.1) is 0 Å². The van der Waals surface area contributed by atoms with E-state index in [0.717, 1.165) is 31.2 Å². The number of nitrogen functional groups attached to an aromatic ring is 1. The van der Waals surface area contributed by atoms with Crippen molar-refractivity contribution in [2.45, 2.75) is 51.0 Å². The van der Waals surface area contributed by atoms with Gasteiger partial charge in [-0.3, -0.25) is 4.79 Å². The third-order valence-electron chi connectivity index (χ3n) is 4.17. The number of aliphatic carboxylic acids is 1. The molecule has 0 radical (unpaired) electrons. The summed E-state index contributed by atoms with van der Waals surface area (Å²) >= 11 is 0. The average molecular weight is 290 g/mol. The molecule has 21 heavy (non-hydrogen) atoms. The van der Waals surface area contributed by atoms with E-state index < -0.39 is 17.4 Å². The maximum absolute atomic E-state index is 12.5. The molecule has 0 bridgehead atoms. The molecule has 0 saturated heterocycles. The molecule has 0 heterocycles. The number of benzene rings is 1. The Balaban J connectivity index is 2.26. The van der Waals surface area contributed by atoms with Crippen molar-refractivity contribution in [3.05, 3.63) is 29.3 Å². The van der Waals surface area contributed by atoms with Crippen molar-refractivity contribution in [3.8, 4) is 0 Å². The van der Waals surface area contributed by atoms with Gasteiger partial charge in [-0.25, -0.2) is 4.79 Å². The van der Waals surface area contributed by atoms with Crippen LogP contribution in [0.5, 0.6) is 0 Å². The van der Waals surface area contributed by atoms with E-state index in [4.69, 9.17) is 5.73 Å². The molecule has 2 rings (SSSR count). The predicted molar refractivity (Wildman–Crippen MR) is 81.1 cm³/mol. The largest absolute Gasteiger partial charge is 0.480 e. The van der Waals surface area contributed by atoms with E-state index in [-0.39, 0.29) is 0 Å². The summed E-state index contributed by atoms with van der Waals surface area (Å²) < 4.78 is 0. The van der Waals surface area contributed by atoms with Crippen molar-refractivity contribution in [3.63, 3.8) is 0 Å². The minimum absolute atomic E-state index is 0.347. The first-order valence-corrected chi connectivity index (χ1v) is 7.37. The molecular formula is C16H22N2O3. The number of carbonyl (C=O) groups excluding carboxylic acids is 1. The summed E-state index contributed by atoms with van der Waals surface area (Å²) in [6.45, 7) is 1.87. The Morgan fingerprint density at radius 2 is 1.81 bits per heavy atom. The zero-order valence-corrected chi connectivity index (χ0v) is 12.3. The number of hydrogen-bond donors (Lipinski definition) is 3. The van der Waals surface area contributed by atoms with Gasteiger partial charge in [0.05, 0.1) is 5.56 Å². The molecule has 1 saturated carbocycles. The number of carbonyl (C=O) groups is 2. The molecule has 1 aliphatic carbocycles. The van der Waals surface area contributed by atoms with E-state index >= 15 is 0 Å². The normalized spacial score (nSPS) is 17.8. The molecule has 4 N–H and O–H groups in total. The van der Waals surface area contributed by atoms with Crippen LogP contribution in [0.2, 0.25) is 0 Å². The van der Waals surface area contributed by atoms with Crippen LogP contribution < -0.4 is 11.1 Å². The fourth-order valence-electron chi connectivity index (χ4n) is 2.88. The van der Waals surface area contributed by atoms with Gasteiger partial charge in [-0.2, -0.15) is 0 Å². The van der Waals surface area contributed by atoms with Crippen molar-refractivity contribution in [2.24, 2.45) is 0 Å². The Labute approximate surface area is 124 Å². The molecule has 1 fully saturated rings. The van der Waals surface area contributed by atoms with Crippen LogP contribution in [-0.4, -0.2) is 22.5 Å². The summed E-state index contributed by atoms with van der Waals surface area (Å²) in [5.74, 6) is -1.36. The molecule has 114 valence electrons. The predicted octanol–water partition coefficient (Wildman–Crippen LogP) is 2.48. The second kappa shape index (κ2) is 6.16. The van der Waals surface area contributed by atoms with Crippen LogP contribution in [0.15, 0.2) is 18.2 Å². The molecule has 5 heteroatoms. The molecule has 1 aliphatic rings. The van der Waals surface area contributed by atoms with Gasteiger partial charge in [0.25, 0.3) is 5.91 Å². The van der Waals surface area contributed by atoms with Crippen LogP contribution in [0.25, 0.3) is 0 Å². The van der Waals surface area contributed by atoms with E-state index in [1.54, 1.807) is 12.1 Å².